The molecular weight excluding hydrogens is 428 g/mol. The third kappa shape index (κ3) is 3.36. The van der Waals surface area contributed by atoms with Crippen molar-refractivity contribution in [1.82, 2.24) is 14.5 Å². The molecule has 6 nitrogen and oxygen atoms in total. The van der Waals surface area contributed by atoms with Gasteiger partial charge in [0.15, 0.2) is 0 Å². The molecule has 33 heavy (non-hydrogen) atoms. The zero-order valence-electron chi connectivity index (χ0n) is 17.4. The number of aromatic carboxylic acids is 1. The second-order valence-electron chi connectivity index (χ2n) is 7.79. The summed E-state index contributed by atoms with van der Waals surface area (Å²) in [6.45, 7) is 1.48. The van der Waals surface area contributed by atoms with Crippen LogP contribution in [0, 0.1) is 18.6 Å². The smallest absolute Gasteiger partial charge is 0.353 e. The Balaban J connectivity index is 1.88. The van der Waals surface area contributed by atoms with E-state index in [9.17, 15) is 23.5 Å². The van der Waals surface area contributed by atoms with Crippen LogP contribution in [0.1, 0.15) is 21.6 Å². The third-order valence-electron chi connectivity index (χ3n) is 5.71. The number of carbonyl (C=O) groups is 1. The molecule has 0 atom stereocenters. The van der Waals surface area contributed by atoms with Crippen molar-refractivity contribution in [3.8, 4) is 11.1 Å². The van der Waals surface area contributed by atoms with E-state index in [1.165, 1.54) is 41.1 Å². The molecule has 0 saturated carbocycles. The number of aromatic nitrogens is 3. The first-order valence-electron chi connectivity index (χ1n) is 10.1. The molecular formula is C25H17F2N3O3. The number of rotatable bonds is 4. The van der Waals surface area contributed by atoms with Crippen molar-refractivity contribution in [2.24, 2.45) is 0 Å². The van der Waals surface area contributed by atoms with E-state index in [0.29, 0.717) is 27.4 Å². The van der Waals surface area contributed by atoms with Gasteiger partial charge in [-0.2, -0.15) is 0 Å². The van der Waals surface area contributed by atoms with Crippen LogP contribution in [0.25, 0.3) is 32.9 Å². The zero-order chi connectivity index (χ0) is 23.3. The number of carboxylic acids is 1. The zero-order valence-corrected chi connectivity index (χ0v) is 17.4. The number of aryl methyl sites for hydroxylation is 1. The number of benzene rings is 2. The van der Waals surface area contributed by atoms with E-state index in [1.807, 2.05) is 0 Å². The molecule has 0 aliphatic heterocycles. The molecule has 8 heteroatoms. The van der Waals surface area contributed by atoms with E-state index >= 15 is 0 Å². The lowest BCUT2D eigenvalue weighted by Crippen LogP contribution is -2.14. The molecule has 5 aromatic rings. The van der Waals surface area contributed by atoms with E-state index in [2.05, 4.69) is 9.97 Å². The fourth-order valence-electron chi connectivity index (χ4n) is 4.27. The number of fused-ring (bicyclic) bond motifs is 2. The quantitative estimate of drug-likeness (QED) is 0.413. The molecule has 0 amide bonds. The summed E-state index contributed by atoms with van der Waals surface area (Å²) < 4.78 is 30.4. The van der Waals surface area contributed by atoms with Gasteiger partial charge in [0.25, 0.3) is 5.56 Å². The first-order valence-corrected chi connectivity index (χ1v) is 10.1. The lowest BCUT2D eigenvalue weighted by atomic mass is 10.0. The van der Waals surface area contributed by atoms with Gasteiger partial charge in [-0.05, 0) is 55.0 Å². The van der Waals surface area contributed by atoms with Crippen molar-refractivity contribution in [3.63, 3.8) is 0 Å². The number of nitrogens with zero attached hydrogens (tertiary/aromatic N) is 2. The average molecular weight is 445 g/mol. The molecule has 3 heterocycles. The molecule has 5 rings (SSSR count). The summed E-state index contributed by atoms with van der Waals surface area (Å²) in [5, 5.41) is 11.1. The van der Waals surface area contributed by atoms with E-state index in [0.717, 1.165) is 0 Å². The number of hydrogen-bond donors (Lipinski definition) is 2. The Bertz CT molecular complexity index is 1640. The Kier molecular flexibility index (Phi) is 4.78. The van der Waals surface area contributed by atoms with Gasteiger partial charge in [0.05, 0.1) is 17.6 Å². The van der Waals surface area contributed by atoms with Crippen LogP contribution in [-0.2, 0) is 6.54 Å². The van der Waals surface area contributed by atoms with Crippen LogP contribution in [0.5, 0.6) is 0 Å². The van der Waals surface area contributed by atoms with Gasteiger partial charge in [-0.15, -0.1) is 0 Å². The number of nitrogens with one attached hydrogen (secondary N) is 1. The van der Waals surface area contributed by atoms with E-state index in [1.54, 1.807) is 31.3 Å². The first kappa shape index (κ1) is 20.6. The van der Waals surface area contributed by atoms with Crippen molar-refractivity contribution in [2.45, 2.75) is 13.5 Å². The van der Waals surface area contributed by atoms with Gasteiger partial charge in [-0.25, -0.2) is 13.6 Å². The highest BCUT2D eigenvalue weighted by atomic mass is 19.1. The minimum absolute atomic E-state index is 0.0867. The number of H-pyrrole nitrogens is 1. The topological polar surface area (TPSA) is 88.0 Å². The summed E-state index contributed by atoms with van der Waals surface area (Å²) >= 11 is 0. The largest absolute Gasteiger partial charge is 0.477 e. The van der Waals surface area contributed by atoms with Gasteiger partial charge in [0, 0.05) is 39.9 Å². The highest BCUT2D eigenvalue weighted by Crippen LogP contribution is 2.36. The van der Waals surface area contributed by atoms with Crippen LogP contribution >= 0.6 is 0 Å². The molecule has 164 valence electrons. The number of aromatic amines is 1. The maximum Gasteiger partial charge on any atom is 0.353 e. The van der Waals surface area contributed by atoms with Crippen LogP contribution in [-0.4, -0.2) is 25.6 Å². The minimum atomic E-state index is -1.30. The predicted molar refractivity (Wildman–Crippen MR) is 120 cm³/mol. The molecule has 2 N–H and O–H groups in total. The van der Waals surface area contributed by atoms with Crippen LogP contribution in [0.2, 0.25) is 0 Å². The highest BCUT2D eigenvalue weighted by molar-refractivity contribution is 6.08. The van der Waals surface area contributed by atoms with Crippen LogP contribution in [0.3, 0.4) is 0 Å². The lowest BCUT2D eigenvalue weighted by molar-refractivity contribution is 0.0687. The minimum Gasteiger partial charge on any atom is -0.477 e. The van der Waals surface area contributed by atoms with Crippen molar-refractivity contribution in [3.05, 3.63) is 99.7 Å². The van der Waals surface area contributed by atoms with Gasteiger partial charge in [-0.3, -0.25) is 9.78 Å². The van der Waals surface area contributed by atoms with Gasteiger partial charge in [0.2, 0.25) is 0 Å². The standard InChI is InChI=1S/C25H17F2N3O3/c1-13-8-18-20(11-19(13)27)30(12-15-10-16(26)9-14-4-2-6-28-22(14)15)23(25(32)33)21(18)17-5-3-7-29-24(17)31/h2-11H,12H2,1H3,(H,29,31)(H,32,33). The van der Waals surface area contributed by atoms with Crippen LogP contribution in [0.4, 0.5) is 8.78 Å². The molecule has 0 fully saturated rings. The molecule has 0 spiro atoms. The molecule has 0 saturated heterocycles. The normalized spacial score (nSPS) is 11.4. The molecule has 0 aliphatic rings. The Morgan fingerprint density at radius 3 is 2.73 bits per heavy atom. The van der Waals surface area contributed by atoms with Crippen LogP contribution in [0.15, 0.2) is 65.7 Å². The Hall–Kier alpha value is -4.33. The van der Waals surface area contributed by atoms with Crippen molar-refractivity contribution >= 4 is 27.8 Å². The summed E-state index contributed by atoms with van der Waals surface area (Å²) in [6.07, 6.45) is 3.01. The maximum atomic E-state index is 14.6. The number of halogens is 2. The molecule has 0 bridgehead atoms. The van der Waals surface area contributed by atoms with E-state index < -0.39 is 23.2 Å². The van der Waals surface area contributed by atoms with Crippen molar-refractivity contribution in [2.75, 3.05) is 0 Å². The molecule has 2 aromatic carbocycles. The molecule has 0 unspecified atom stereocenters. The maximum absolute atomic E-state index is 14.6. The second kappa shape index (κ2) is 7.67. The van der Waals surface area contributed by atoms with Gasteiger partial charge < -0.3 is 14.7 Å². The lowest BCUT2D eigenvalue weighted by Gasteiger charge is -2.12. The summed E-state index contributed by atoms with van der Waals surface area (Å²) in [5.41, 5.74) is 1.18. The average Bonchev–Trinajstić information content (AvgIpc) is 3.07. The SMILES string of the molecule is Cc1cc2c(-c3ccc[nH]c3=O)c(C(=O)O)n(Cc3cc(F)cc4cccnc34)c2cc1F. The Morgan fingerprint density at radius 2 is 1.97 bits per heavy atom. The monoisotopic (exact) mass is 445 g/mol. The van der Waals surface area contributed by atoms with E-state index in [4.69, 9.17) is 0 Å². The molecule has 3 aromatic heterocycles. The summed E-state index contributed by atoms with van der Waals surface area (Å²) in [4.78, 5) is 31.9. The van der Waals surface area contributed by atoms with Gasteiger partial charge in [-0.1, -0.05) is 6.07 Å². The van der Waals surface area contributed by atoms with Crippen molar-refractivity contribution < 1.29 is 18.7 Å². The van der Waals surface area contributed by atoms with Crippen molar-refractivity contribution in [1.29, 1.82) is 0 Å². The Morgan fingerprint density at radius 1 is 1.15 bits per heavy atom. The number of pyridine rings is 2. The molecule has 0 radical (unpaired) electrons. The summed E-state index contributed by atoms with van der Waals surface area (Å²) in [7, 11) is 0. The predicted octanol–water partition coefficient (Wildman–Crippen LogP) is 4.88. The fraction of sp³-hybridized carbons (Fsp3) is 0.0800. The molecule has 0 aliphatic carbocycles. The fourth-order valence-corrected chi connectivity index (χ4v) is 4.27. The van der Waals surface area contributed by atoms with Gasteiger partial charge in [0.1, 0.15) is 17.3 Å². The number of carboxylic acid groups (broad SMARTS) is 1. The third-order valence-corrected chi connectivity index (χ3v) is 5.71. The highest BCUT2D eigenvalue weighted by Gasteiger charge is 2.26. The first-order chi connectivity index (χ1) is 15.8. The van der Waals surface area contributed by atoms with Crippen LogP contribution < -0.4 is 5.56 Å². The Labute approximate surface area is 185 Å². The summed E-state index contributed by atoms with van der Waals surface area (Å²) in [6, 6.07) is 11.9. The summed E-state index contributed by atoms with van der Waals surface area (Å²) in [5.74, 6) is -2.31. The van der Waals surface area contributed by atoms with E-state index in [-0.39, 0.29) is 28.9 Å². The second-order valence-corrected chi connectivity index (χ2v) is 7.79. The van der Waals surface area contributed by atoms with Gasteiger partial charge >= 0.3 is 5.97 Å². The number of hydrogen-bond acceptors (Lipinski definition) is 3.